The molecule has 0 aromatic carbocycles. The number of nitrogens with zero attached hydrogens (tertiary/aromatic N) is 1. The minimum Gasteiger partial charge on any atom is -0.329 e. The Hall–Kier alpha value is -0.0800. The zero-order valence-corrected chi connectivity index (χ0v) is 14.1. The van der Waals surface area contributed by atoms with E-state index in [-0.39, 0.29) is 0 Å². The molecule has 0 bridgehead atoms. The Labute approximate surface area is 127 Å². The van der Waals surface area contributed by atoms with Crippen LogP contribution in [0.15, 0.2) is 0 Å². The van der Waals surface area contributed by atoms with Gasteiger partial charge in [0.2, 0.25) is 0 Å². The van der Waals surface area contributed by atoms with Crippen LogP contribution in [0.4, 0.5) is 0 Å². The van der Waals surface area contributed by atoms with Gasteiger partial charge in [-0.15, -0.1) is 0 Å². The third kappa shape index (κ3) is 6.13. The first kappa shape index (κ1) is 18.0. The Morgan fingerprint density at radius 1 is 0.850 bits per heavy atom. The third-order valence-corrected chi connectivity index (χ3v) is 5.32. The summed E-state index contributed by atoms with van der Waals surface area (Å²) in [4.78, 5) is 2.59. The first-order chi connectivity index (χ1) is 9.75. The first-order valence-corrected chi connectivity index (χ1v) is 9.16. The van der Waals surface area contributed by atoms with Gasteiger partial charge in [-0.2, -0.15) is 0 Å². The molecule has 0 atom stereocenters. The molecule has 0 heterocycles. The van der Waals surface area contributed by atoms with Crippen molar-refractivity contribution in [3.8, 4) is 0 Å². The quantitative estimate of drug-likeness (QED) is 0.556. The molecule has 1 fully saturated rings. The van der Waals surface area contributed by atoms with Crippen LogP contribution in [0.1, 0.15) is 90.4 Å². The predicted molar refractivity (Wildman–Crippen MR) is 90.1 cm³/mol. The maximum atomic E-state index is 6.10. The molecular weight excluding hydrogens is 244 g/mol. The van der Waals surface area contributed by atoms with Crippen molar-refractivity contribution in [2.24, 2.45) is 5.73 Å². The molecule has 0 amide bonds. The molecule has 120 valence electrons. The minimum absolute atomic E-state index is 0.333. The molecule has 2 N–H and O–H groups in total. The zero-order chi connectivity index (χ0) is 14.7. The second-order valence-corrected chi connectivity index (χ2v) is 6.89. The van der Waals surface area contributed by atoms with Gasteiger partial charge in [0.25, 0.3) is 0 Å². The van der Waals surface area contributed by atoms with Crippen LogP contribution in [-0.4, -0.2) is 30.6 Å². The van der Waals surface area contributed by atoms with Gasteiger partial charge in [-0.25, -0.2) is 0 Å². The van der Waals surface area contributed by atoms with Crippen molar-refractivity contribution >= 4 is 0 Å². The summed E-state index contributed by atoms with van der Waals surface area (Å²) in [6.45, 7) is 4.38. The summed E-state index contributed by atoms with van der Waals surface area (Å²) in [5.41, 5.74) is 6.43. The van der Waals surface area contributed by atoms with Crippen LogP contribution in [0.2, 0.25) is 0 Å². The van der Waals surface area contributed by atoms with Crippen LogP contribution in [0.25, 0.3) is 0 Å². The van der Waals surface area contributed by atoms with Gasteiger partial charge in [0, 0.05) is 12.1 Å². The van der Waals surface area contributed by atoms with Crippen LogP contribution in [0.3, 0.4) is 0 Å². The fourth-order valence-corrected chi connectivity index (χ4v) is 3.67. The predicted octanol–water partition coefficient (Wildman–Crippen LogP) is 4.72. The lowest BCUT2D eigenvalue weighted by Gasteiger charge is -2.44. The van der Waals surface area contributed by atoms with Crippen molar-refractivity contribution in [3.05, 3.63) is 0 Å². The molecule has 1 rings (SSSR count). The average molecular weight is 283 g/mol. The molecule has 0 aliphatic heterocycles. The summed E-state index contributed by atoms with van der Waals surface area (Å²) < 4.78 is 0. The Balaban J connectivity index is 2.08. The Kier molecular flexibility index (Phi) is 9.54. The summed E-state index contributed by atoms with van der Waals surface area (Å²) in [6.07, 6.45) is 18.1. The number of unbranched alkanes of at least 4 members (excludes halogenated alkanes) is 7. The van der Waals surface area contributed by atoms with E-state index in [1.807, 2.05) is 0 Å². The van der Waals surface area contributed by atoms with E-state index in [9.17, 15) is 0 Å². The van der Waals surface area contributed by atoms with Gasteiger partial charge in [0.05, 0.1) is 0 Å². The Morgan fingerprint density at radius 3 is 1.95 bits per heavy atom. The number of hydrogen-bond donors (Lipinski definition) is 1. The van der Waals surface area contributed by atoms with Crippen LogP contribution in [0.5, 0.6) is 0 Å². The molecule has 2 heteroatoms. The monoisotopic (exact) mass is 282 g/mol. The van der Waals surface area contributed by atoms with Gasteiger partial charge in [-0.3, -0.25) is 4.90 Å². The van der Waals surface area contributed by atoms with Gasteiger partial charge in [-0.1, -0.05) is 71.1 Å². The van der Waals surface area contributed by atoms with E-state index in [4.69, 9.17) is 5.73 Å². The van der Waals surface area contributed by atoms with E-state index in [0.29, 0.717) is 5.54 Å². The van der Waals surface area contributed by atoms with Crippen molar-refractivity contribution in [1.29, 1.82) is 0 Å². The molecule has 0 saturated heterocycles. The zero-order valence-electron chi connectivity index (χ0n) is 14.1. The van der Waals surface area contributed by atoms with E-state index in [1.165, 1.54) is 90.0 Å². The topological polar surface area (TPSA) is 29.3 Å². The lowest BCUT2D eigenvalue weighted by Crippen LogP contribution is -2.53. The standard InChI is InChI=1S/C18H38N2/c1-3-4-5-6-7-8-9-13-16-20(2)18(17-19)14-11-10-12-15-18/h3-17,19H2,1-2H3. The van der Waals surface area contributed by atoms with Crippen molar-refractivity contribution in [2.45, 2.75) is 95.9 Å². The minimum atomic E-state index is 0.333. The molecular formula is C18H38N2. The number of hydrogen-bond acceptors (Lipinski definition) is 2. The van der Waals surface area contributed by atoms with E-state index < -0.39 is 0 Å². The highest BCUT2D eigenvalue weighted by atomic mass is 15.2. The molecule has 20 heavy (non-hydrogen) atoms. The summed E-state index contributed by atoms with van der Waals surface area (Å²) in [5.74, 6) is 0. The van der Waals surface area contributed by atoms with Crippen LogP contribution >= 0.6 is 0 Å². The summed E-state index contributed by atoms with van der Waals surface area (Å²) in [6, 6.07) is 0. The van der Waals surface area contributed by atoms with Gasteiger partial charge in [0.15, 0.2) is 0 Å². The molecule has 1 aliphatic carbocycles. The Bertz CT molecular complexity index is 221. The maximum Gasteiger partial charge on any atom is 0.0328 e. The van der Waals surface area contributed by atoms with Crippen LogP contribution in [-0.2, 0) is 0 Å². The van der Waals surface area contributed by atoms with E-state index in [2.05, 4.69) is 18.9 Å². The van der Waals surface area contributed by atoms with E-state index in [0.717, 1.165) is 6.54 Å². The lowest BCUT2D eigenvalue weighted by atomic mass is 9.80. The van der Waals surface area contributed by atoms with Crippen molar-refractivity contribution < 1.29 is 0 Å². The maximum absolute atomic E-state index is 6.10. The second-order valence-electron chi connectivity index (χ2n) is 6.89. The third-order valence-electron chi connectivity index (χ3n) is 5.32. The normalized spacial score (nSPS) is 18.6. The molecule has 0 spiro atoms. The fraction of sp³-hybridized carbons (Fsp3) is 1.00. The first-order valence-electron chi connectivity index (χ1n) is 9.16. The number of rotatable bonds is 11. The van der Waals surface area contributed by atoms with Gasteiger partial charge < -0.3 is 5.73 Å². The average Bonchev–Trinajstić information content (AvgIpc) is 2.50. The smallest absolute Gasteiger partial charge is 0.0328 e. The van der Waals surface area contributed by atoms with E-state index >= 15 is 0 Å². The molecule has 1 saturated carbocycles. The molecule has 1 aliphatic rings. The molecule has 2 nitrogen and oxygen atoms in total. The van der Waals surface area contributed by atoms with E-state index in [1.54, 1.807) is 0 Å². The second kappa shape index (κ2) is 10.6. The fourth-order valence-electron chi connectivity index (χ4n) is 3.67. The molecule has 0 unspecified atom stereocenters. The molecule has 0 aromatic rings. The van der Waals surface area contributed by atoms with Crippen molar-refractivity contribution in [2.75, 3.05) is 20.1 Å². The highest BCUT2D eigenvalue weighted by molar-refractivity contribution is 4.92. The summed E-state index contributed by atoms with van der Waals surface area (Å²) in [5, 5.41) is 0. The van der Waals surface area contributed by atoms with Crippen molar-refractivity contribution in [1.82, 2.24) is 4.90 Å². The summed E-state index contributed by atoms with van der Waals surface area (Å²) >= 11 is 0. The highest BCUT2D eigenvalue weighted by Crippen LogP contribution is 2.32. The van der Waals surface area contributed by atoms with Gasteiger partial charge >= 0.3 is 0 Å². The highest BCUT2D eigenvalue weighted by Gasteiger charge is 2.33. The largest absolute Gasteiger partial charge is 0.329 e. The number of nitrogens with two attached hydrogens (primary N) is 1. The van der Waals surface area contributed by atoms with Gasteiger partial charge in [0.1, 0.15) is 0 Å². The Morgan fingerprint density at radius 2 is 1.40 bits per heavy atom. The molecule has 0 radical (unpaired) electrons. The summed E-state index contributed by atoms with van der Waals surface area (Å²) in [7, 11) is 2.30. The number of likely N-dealkylation sites (N-methyl/N-ethyl adjacent to an activating group) is 1. The lowest BCUT2D eigenvalue weighted by molar-refractivity contribution is 0.0809. The van der Waals surface area contributed by atoms with Crippen LogP contribution in [0, 0.1) is 0 Å². The van der Waals surface area contributed by atoms with Crippen molar-refractivity contribution in [3.63, 3.8) is 0 Å². The van der Waals surface area contributed by atoms with Crippen LogP contribution < -0.4 is 5.73 Å². The van der Waals surface area contributed by atoms with Gasteiger partial charge in [-0.05, 0) is 32.9 Å². The molecule has 0 aromatic heterocycles. The SMILES string of the molecule is CCCCCCCCCCN(C)C1(CN)CCCCC1.